The van der Waals surface area contributed by atoms with Crippen molar-refractivity contribution in [2.45, 2.75) is 12.5 Å². The molecule has 2 rings (SSSR count). The summed E-state index contributed by atoms with van der Waals surface area (Å²) in [6, 6.07) is 10.1. The molecule has 1 atom stereocenters. The Morgan fingerprint density at radius 3 is 2.55 bits per heavy atom. The normalized spacial score (nSPS) is 12.2. The van der Waals surface area contributed by atoms with Crippen molar-refractivity contribution in [1.29, 1.82) is 0 Å². The highest BCUT2D eigenvalue weighted by Crippen LogP contribution is 2.28. The van der Waals surface area contributed by atoms with Crippen LogP contribution in [0.25, 0.3) is 0 Å². The van der Waals surface area contributed by atoms with E-state index in [1.54, 1.807) is 18.2 Å². The molecule has 0 heterocycles. The lowest BCUT2D eigenvalue weighted by Crippen LogP contribution is -2.30. The van der Waals surface area contributed by atoms with Crippen molar-refractivity contribution in [2.75, 3.05) is 7.11 Å². The standard InChI is InChI=1S/C15H16F2N2O/c1-20-15-6-5-12(17)9-13(15)14(19-18)8-10-3-2-4-11(16)7-10/h2-7,9,14,19H,8,18H2,1H3. The Morgan fingerprint density at radius 1 is 1.15 bits per heavy atom. The van der Waals surface area contributed by atoms with E-state index in [0.717, 1.165) is 5.56 Å². The van der Waals surface area contributed by atoms with Crippen molar-refractivity contribution in [1.82, 2.24) is 5.43 Å². The van der Waals surface area contributed by atoms with E-state index >= 15 is 0 Å². The van der Waals surface area contributed by atoms with Gasteiger partial charge >= 0.3 is 0 Å². The first-order valence-corrected chi connectivity index (χ1v) is 6.18. The number of ether oxygens (including phenoxy) is 1. The predicted molar refractivity (Wildman–Crippen MR) is 73.1 cm³/mol. The molecular weight excluding hydrogens is 262 g/mol. The number of hydrogen-bond donors (Lipinski definition) is 2. The van der Waals surface area contributed by atoms with Crippen molar-refractivity contribution in [2.24, 2.45) is 5.84 Å². The molecule has 2 aromatic rings. The minimum Gasteiger partial charge on any atom is -0.496 e. The third-order valence-electron chi connectivity index (χ3n) is 3.10. The van der Waals surface area contributed by atoms with Gasteiger partial charge in [-0.1, -0.05) is 12.1 Å². The van der Waals surface area contributed by atoms with Crippen LogP contribution in [0.15, 0.2) is 42.5 Å². The summed E-state index contributed by atoms with van der Waals surface area (Å²) in [5.41, 5.74) is 3.98. The minimum absolute atomic E-state index is 0.315. The first kappa shape index (κ1) is 14.4. The van der Waals surface area contributed by atoms with Crippen LogP contribution in [0.3, 0.4) is 0 Å². The zero-order chi connectivity index (χ0) is 14.5. The molecule has 5 heteroatoms. The molecule has 0 aliphatic rings. The lowest BCUT2D eigenvalue weighted by atomic mass is 9.98. The number of nitrogens with two attached hydrogens (primary N) is 1. The van der Waals surface area contributed by atoms with Crippen LogP contribution in [0.2, 0.25) is 0 Å². The first-order chi connectivity index (χ1) is 9.63. The molecule has 0 amide bonds. The van der Waals surface area contributed by atoms with Gasteiger partial charge in [0, 0.05) is 5.56 Å². The fraction of sp³-hybridized carbons (Fsp3) is 0.200. The number of methoxy groups -OCH3 is 1. The molecule has 0 saturated heterocycles. The van der Waals surface area contributed by atoms with Crippen molar-refractivity contribution in [3.63, 3.8) is 0 Å². The van der Waals surface area contributed by atoms with Crippen LogP contribution in [0.1, 0.15) is 17.2 Å². The Hall–Kier alpha value is -1.98. The SMILES string of the molecule is COc1ccc(F)cc1C(Cc1cccc(F)c1)NN. The average Bonchev–Trinajstić information content (AvgIpc) is 2.45. The monoisotopic (exact) mass is 278 g/mol. The summed E-state index contributed by atoms with van der Waals surface area (Å²) < 4.78 is 31.8. The van der Waals surface area contributed by atoms with E-state index in [-0.39, 0.29) is 17.7 Å². The van der Waals surface area contributed by atoms with Crippen LogP contribution < -0.4 is 16.0 Å². The Balaban J connectivity index is 2.30. The van der Waals surface area contributed by atoms with Gasteiger partial charge in [-0.2, -0.15) is 0 Å². The van der Waals surface area contributed by atoms with Gasteiger partial charge in [-0.25, -0.2) is 8.78 Å². The van der Waals surface area contributed by atoms with Crippen LogP contribution in [0.4, 0.5) is 8.78 Å². The van der Waals surface area contributed by atoms with E-state index in [0.29, 0.717) is 17.7 Å². The van der Waals surface area contributed by atoms with Gasteiger partial charge in [0.05, 0.1) is 13.2 Å². The largest absolute Gasteiger partial charge is 0.496 e. The molecule has 0 spiro atoms. The molecule has 0 bridgehead atoms. The van der Waals surface area contributed by atoms with Crippen molar-refractivity contribution in [3.05, 3.63) is 65.2 Å². The van der Waals surface area contributed by atoms with Crippen LogP contribution in [-0.4, -0.2) is 7.11 Å². The van der Waals surface area contributed by atoms with Gasteiger partial charge in [0.25, 0.3) is 0 Å². The van der Waals surface area contributed by atoms with Gasteiger partial charge < -0.3 is 4.74 Å². The molecule has 2 aromatic carbocycles. The number of hydrazine groups is 1. The van der Waals surface area contributed by atoms with Crippen molar-refractivity contribution in [3.8, 4) is 5.75 Å². The maximum atomic E-state index is 13.4. The van der Waals surface area contributed by atoms with Gasteiger partial charge in [0.1, 0.15) is 17.4 Å². The van der Waals surface area contributed by atoms with E-state index in [1.165, 1.54) is 31.4 Å². The fourth-order valence-electron chi connectivity index (χ4n) is 2.14. The summed E-state index contributed by atoms with van der Waals surface area (Å²) in [5.74, 6) is 5.39. The van der Waals surface area contributed by atoms with Gasteiger partial charge in [0.15, 0.2) is 0 Å². The summed E-state index contributed by atoms with van der Waals surface area (Å²) in [5, 5.41) is 0. The van der Waals surface area contributed by atoms with Crippen LogP contribution in [-0.2, 0) is 6.42 Å². The molecule has 0 saturated carbocycles. The molecule has 0 aliphatic carbocycles. The summed E-state index contributed by atoms with van der Waals surface area (Å²) >= 11 is 0. The van der Waals surface area contributed by atoms with Crippen LogP contribution in [0, 0.1) is 11.6 Å². The Labute approximate surface area is 116 Å². The highest BCUT2D eigenvalue weighted by Gasteiger charge is 2.16. The fourth-order valence-corrected chi connectivity index (χ4v) is 2.14. The zero-order valence-corrected chi connectivity index (χ0v) is 11.1. The van der Waals surface area contributed by atoms with E-state index in [2.05, 4.69) is 5.43 Å². The number of rotatable bonds is 5. The van der Waals surface area contributed by atoms with Crippen LogP contribution in [0.5, 0.6) is 5.75 Å². The van der Waals surface area contributed by atoms with Gasteiger partial charge in [-0.05, 0) is 42.3 Å². The molecule has 3 nitrogen and oxygen atoms in total. The molecular formula is C15H16F2N2O. The summed E-state index contributed by atoms with van der Waals surface area (Å²) in [6.07, 6.45) is 0.425. The van der Waals surface area contributed by atoms with Gasteiger partial charge in [0.2, 0.25) is 0 Å². The number of nitrogens with one attached hydrogen (secondary N) is 1. The number of hydrogen-bond acceptors (Lipinski definition) is 3. The van der Waals surface area contributed by atoms with Gasteiger partial charge in [-0.3, -0.25) is 11.3 Å². The third-order valence-corrected chi connectivity index (χ3v) is 3.10. The lowest BCUT2D eigenvalue weighted by molar-refractivity contribution is 0.397. The second-order valence-corrected chi connectivity index (χ2v) is 4.44. The van der Waals surface area contributed by atoms with E-state index in [9.17, 15) is 8.78 Å². The van der Waals surface area contributed by atoms with E-state index in [1.807, 2.05) is 0 Å². The molecule has 0 aliphatic heterocycles. The van der Waals surface area contributed by atoms with Crippen molar-refractivity contribution >= 4 is 0 Å². The third kappa shape index (κ3) is 3.31. The topological polar surface area (TPSA) is 47.3 Å². The molecule has 0 radical (unpaired) electrons. The number of benzene rings is 2. The summed E-state index contributed by atoms with van der Waals surface area (Å²) in [4.78, 5) is 0. The molecule has 1 unspecified atom stereocenters. The average molecular weight is 278 g/mol. The van der Waals surface area contributed by atoms with Crippen molar-refractivity contribution < 1.29 is 13.5 Å². The molecule has 20 heavy (non-hydrogen) atoms. The second kappa shape index (κ2) is 6.45. The predicted octanol–water partition coefficient (Wildman–Crippen LogP) is 2.72. The van der Waals surface area contributed by atoms with Gasteiger partial charge in [-0.15, -0.1) is 0 Å². The highest BCUT2D eigenvalue weighted by atomic mass is 19.1. The molecule has 0 fully saturated rings. The molecule has 0 aromatic heterocycles. The second-order valence-electron chi connectivity index (χ2n) is 4.44. The summed E-state index contributed by atoms with van der Waals surface area (Å²) in [6.45, 7) is 0. The van der Waals surface area contributed by atoms with E-state index in [4.69, 9.17) is 10.6 Å². The highest BCUT2D eigenvalue weighted by molar-refractivity contribution is 5.37. The zero-order valence-electron chi connectivity index (χ0n) is 11.1. The Kier molecular flexibility index (Phi) is 4.65. The number of halogens is 2. The van der Waals surface area contributed by atoms with E-state index < -0.39 is 0 Å². The lowest BCUT2D eigenvalue weighted by Gasteiger charge is -2.19. The summed E-state index contributed by atoms with van der Waals surface area (Å²) in [7, 11) is 1.51. The molecule has 106 valence electrons. The van der Waals surface area contributed by atoms with Crippen LogP contribution >= 0.6 is 0 Å². The first-order valence-electron chi connectivity index (χ1n) is 6.18. The smallest absolute Gasteiger partial charge is 0.123 e. The molecule has 3 N–H and O–H groups in total. The minimum atomic E-state index is -0.375. The quantitative estimate of drug-likeness (QED) is 0.653. The Bertz CT molecular complexity index is 590. The Morgan fingerprint density at radius 2 is 1.90 bits per heavy atom. The maximum Gasteiger partial charge on any atom is 0.123 e. The maximum absolute atomic E-state index is 13.4.